The van der Waals surface area contributed by atoms with E-state index in [4.69, 9.17) is 4.42 Å². The minimum absolute atomic E-state index is 0. The third-order valence-electron chi connectivity index (χ3n) is 2.05. The summed E-state index contributed by atoms with van der Waals surface area (Å²) in [6, 6.07) is 9.91. The van der Waals surface area contributed by atoms with E-state index in [1.54, 1.807) is 0 Å². The van der Waals surface area contributed by atoms with Gasteiger partial charge in [0.05, 0.1) is 5.69 Å². The first kappa shape index (κ1) is 10.5. The van der Waals surface area contributed by atoms with Crippen molar-refractivity contribution in [3.63, 3.8) is 0 Å². The molecule has 0 unspecified atom stereocenters. The van der Waals surface area contributed by atoms with Crippen molar-refractivity contribution in [3.8, 4) is 11.5 Å². The van der Waals surface area contributed by atoms with Crippen molar-refractivity contribution in [1.82, 2.24) is 4.98 Å². The van der Waals surface area contributed by atoms with Crippen molar-refractivity contribution in [3.05, 3.63) is 41.8 Å². The van der Waals surface area contributed by atoms with E-state index in [0.29, 0.717) is 5.89 Å². The fourth-order valence-electron chi connectivity index (χ4n) is 1.18. The maximum Gasteiger partial charge on any atom is 0.226 e. The molecule has 0 amide bonds. The van der Waals surface area contributed by atoms with Crippen molar-refractivity contribution in [2.24, 2.45) is 0 Å². The lowest BCUT2D eigenvalue weighted by Gasteiger charge is -1.91. The van der Waals surface area contributed by atoms with E-state index in [-0.39, 0.29) is 7.43 Å². The second kappa shape index (κ2) is 4.09. The molecular formula is C12H15NO. The van der Waals surface area contributed by atoms with Gasteiger partial charge in [0.15, 0.2) is 0 Å². The average molecular weight is 189 g/mol. The molecule has 2 heteroatoms. The van der Waals surface area contributed by atoms with Gasteiger partial charge in [-0.15, -0.1) is 0 Å². The summed E-state index contributed by atoms with van der Waals surface area (Å²) in [7, 11) is 0. The van der Waals surface area contributed by atoms with Crippen LogP contribution in [0.5, 0.6) is 0 Å². The second-order valence-corrected chi connectivity index (χ2v) is 3.03. The molecule has 0 spiro atoms. The van der Waals surface area contributed by atoms with Gasteiger partial charge in [-0.05, 0) is 26.0 Å². The zero-order valence-corrected chi connectivity index (χ0v) is 7.74. The van der Waals surface area contributed by atoms with Crippen LogP contribution in [0.15, 0.2) is 34.7 Å². The smallest absolute Gasteiger partial charge is 0.226 e. The van der Waals surface area contributed by atoms with Crippen LogP contribution in [0.25, 0.3) is 11.5 Å². The third-order valence-corrected chi connectivity index (χ3v) is 2.05. The minimum Gasteiger partial charge on any atom is -0.441 e. The Balaban J connectivity index is 0.000000980. The van der Waals surface area contributed by atoms with Crippen LogP contribution in [0.2, 0.25) is 0 Å². The molecular weight excluding hydrogens is 174 g/mol. The lowest BCUT2D eigenvalue weighted by molar-refractivity contribution is 0.541. The monoisotopic (exact) mass is 189 g/mol. The number of aromatic nitrogens is 1. The summed E-state index contributed by atoms with van der Waals surface area (Å²) >= 11 is 0. The Morgan fingerprint density at radius 3 is 2.21 bits per heavy atom. The molecule has 2 aromatic rings. The molecule has 0 radical (unpaired) electrons. The first-order valence-corrected chi connectivity index (χ1v) is 4.27. The van der Waals surface area contributed by atoms with Crippen LogP contribution in [-0.4, -0.2) is 4.98 Å². The van der Waals surface area contributed by atoms with Crippen LogP contribution >= 0.6 is 0 Å². The molecule has 0 aliphatic heterocycles. The molecule has 1 aromatic carbocycles. The van der Waals surface area contributed by atoms with Crippen LogP contribution in [0.4, 0.5) is 0 Å². The maximum atomic E-state index is 5.49. The summed E-state index contributed by atoms with van der Waals surface area (Å²) in [5, 5.41) is 0. The van der Waals surface area contributed by atoms with Crippen LogP contribution in [0.3, 0.4) is 0 Å². The number of rotatable bonds is 1. The Labute approximate surface area is 84.6 Å². The highest BCUT2D eigenvalue weighted by molar-refractivity contribution is 5.53. The predicted octanol–water partition coefficient (Wildman–Crippen LogP) is 3.59. The van der Waals surface area contributed by atoms with E-state index < -0.39 is 0 Å². The van der Waals surface area contributed by atoms with Crippen LogP contribution in [-0.2, 0) is 0 Å². The number of aryl methyl sites for hydroxylation is 2. The largest absolute Gasteiger partial charge is 0.441 e. The standard InChI is InChI=1S/C11H11NO.CH4/c1-8-9(2)13-11(12-8)10-6-4-3-5-7-10;/h3-7H,1-2H3;1H4. The maximum absolute atomic E-state index is 5.49. The van der Waals surface area contributed by atoms with E-state index in [2.05, 4.69) is 4.98 Å². The first-order valence-electron chi connectivity index (χ1n) is 4.27. The summed E-state index contributed by atoms with van der Waals surface area (Å²) in [6.07, 6.45) is 0. The Morgan fingerprint density at radius 2 is 1.71 bits per heavy atom. The zero-order chi connectivity index (χ0) is 9.26. The minimum atomic E-state index is 0. The second-order valence-electron chi connectivity index (χ2n) is 3.03. The Hall–Kier alpha value is -1.57. The van der Waals surface area contributed by atoms with Gasteiger partial charge in [-0.1, -0.05) is 25.6 Å². The van der Waals surface area contributed by atoms with Gasteiger partial charge in [0.25, 0.3) is 0 Å². The van der Waals surface area contributed by atoms with Gasteiger partial charge in [-0.3, -0.25) is 0 Å². The lowest BCUT2D eigenvalue weighted by Crippen LogP contribution is -1.76. The molecule has 1 heterocycles. The molecule has 0 saturated carbocycles. The molecule has 0 atom stereocenters. The molecule has 0 saturated heterocycles. The van der Waals surface area contributed by atoms with E-state index >= 15 is 0 Å². The summed E-state index contributed by atoms with van der Waals surface area (Å²) in [5.74, 6) is 1.59. The van der Waals surface area contributed by atoms with Crippen molar-refractivity contribution in [1.29, 1.82) is 0 Å². The first-order chi connectivity index (χ1) is 6.27. The number of oxazole rings is 1. The van der Waals surface area contributed by atoms with Gasteiger partial charge >= 0.3 is 0 Å². The SMILES string of the molecule is C.Cc1nc(-c2ccccc2)oc1C. The highest BCUT2D eigenvalue weighted by Crippen LogP contribution is 2.20. The van der Waals surface area contributed by atoms with Crippen LogP contribution < -0.4 is 0 Å². The molecule has 74 valence electrons. The average Bonchev–Trinajstić information content (AvgIpc) is 2.49. The van der Waals surface area contributed by atoms with Gasteiger partial charge < -0.3 is 4.42 Å². The number of nitrogens with zero attached hydrogens (tertiary/aromatic N) is 1. The Bertz CT molecular complexity index is 384. The van der Waals surface area contributed by atoms with Crippen molar-refractivity contribution in [2.45, 2.75) is 21.3 Å². The fourth-order valence-corrected chi connectivity index (χ4v) is 1.18. The van der Waals surface area contributed by atoms with Crippen LogP contribution in [0.1, 0.15) is 18.9 Å². The predicted molar refractivity (Wildman–Crippen MR) is 58.1 cm³/mol. The molecule has 0 aliphatic rings. The highest BCUT2D eigenvalue weighted by atomic mass is 16.4. The summed E-state index contributed by atoms with van der Waals surface area (Å²) < 4.78 is 5.49. The normalized spacial score (nSPS) is 9.57. The number of hydrogen-bond acceptors (Lipinski definition) is 2. The van der Waals surface area contributed by atoms with Gasteiger partial charge in [0, 0.05) is 5.56 Å². The third kappa shape index (κ3) is 1.84. The van der Waals surface area contributed by atoms with Gasteiger partial charge in [-0.25, -0.2) is 4.98 Å². The molecule has 0 aliphatic carbocycles. The molecule has 0 bridgehead atoms. The molecule has 14 heavy (non-hydrogen) atoms. The molecule has 0 fully saturated rings. The summed E-state index contributed by atoms with van der Waals surface area (Å²) in [6.45, 7) is 3.88. The van der Waals surface area contributed by atoms with Crippen molar-refractivity contribution >= 4 is 0 Å². The molecule has 2 rings (SSSR count). The number of hydrogen-bond donors (Lipinski definition) is 0. The molecule has 1 aromatic heterocycles. The lowest BCUT2D eigenvalue weighted by atomic mass is 10.2. The molecule has 0 N–H and O–H groups in total. The number of benzene rings is 1. The van der Waals surface area contributed by atoms with E-state index in [1.165, 1.54) is 0 Å². The Morgan fingerprint density at radius 1 is 1.07 bits per heavy atom. The Kier molecular flexibility index (Phi) is 3.07. The van der Waals surface area contributed by atoms with E-state index in [9.17, 15) is 0 Å². The summed E-state index contributed by atoms with van der Waals surface area (Å²) in [5.41, 5.74) is 1.98. The van der Waals surface area contributed by atoms with Crippen LogP contribution in [0, 0.1) is 13.8 Å². The van der Waals surface area contributed by atoms with Gasteiger partial charge in [0.2, 0.25) is 5.89 Å². The molecule has 2 nitrogen and oxygen atoms in total. The quantitative estimate of drug-likeness (QED) is 0.685. The van der Waals surface area contributed by atoms with Gasteiger partial charge in [-0.2, -0.15) is 0 Å². The highest BCUT2D eigenvalue weighted by Gasteiger charge is 2.06. The van der Waals surface area contributed by atoms with E-state index in [1.807, 2.05) is 44.2 Å². The van der Waals surface area contributed by atoms with E-state index in [0.717, 1.165) is 17.0 Å². The zero-order valence-electron chi connectivity index (χ0n) is 7.74. The summed E-state index contributed by atoms with van der Waals surface area (Å²) in [4.78, 5) is 4.31. The topological polar surface area (TPSA) is 26.0 Å². The van der Waals surface area contributed by atoms with Crippen molar-refractivity contribution in [2.75, 3.05) is 0 Å². The fraction of sp³-hybridized carbons (Fsp3) is 0.250. The van der Waals surface area contributed by atoms with Gasteiger partial charge in [0.1, 0.15) is 5.76 Å². The van der Waals surface area contributed by atoms with Crippen molar-refractivity contribution < 1.29 is 4.42 Å².